The second kappa shape index (κ2) is 14.4. The molecular formula is C19H39P. The van der Waals surface area contributed by atoms with Gasteiger partial charge in [0.1, 0.15) is 0 Å². The fourth-order valence-corrected chi connectivity index (χ4v) is 4.74. The molecule has 20 heavy (non-hydrogen) atoms. The molecule has 0 heterocycles. The van der Waals surface area contributed by atoms with Gasteiger partial charge in [-0.2, -0.15) is 0 Å². The Morgan fingerprint density at radius 1 is 0.700 bits per heavy atom. The van der Waals surface area contributed by atoms with Crippen LogP contribution in [0.4, 0.5) is 0 Å². The van der Waals surface area contributed by atoms with Gasteiger partial charge in [0.25, 0.3) is 0 Å². The third-order valence-electron chi connectivity index (χ3n) is 4.90. The smallest absolute Gasteiger partial charge is 0.0353 e. The summed E-state index contributed by atoms with van der Waals surface area (Å²) in [5.41, 5.74) is 0. The first-order chi connectivity index (χ1) is 9.93. The van der Waals surface area contributed by atoms with E-state index < -0.39 is 0 Å². The summed E-state index contributed by atoms with van der Waals surface area (Å²) in [6.45, 7) is 2.30. The van der Waals surface area contributed by atoms with Crippen LogP contribution in [0.2, 0.25) is 0 Å². The number of rotatable bonds is 13. The van der Waals surface area contributed by atoms with Gasteiger partial charge in [-0.3, -0.25) is 0 Å². The van der Waals surface area contributed by atoms with Crippen LogP contribution >= 0.6 is 8.58 Å². The predicted octanol–water partition coefficient (Wildman–Crippen LogP) is 7.17. The highest BCUT2D eigenvalue weighted by Crippen LogP contribution is 2.28. The van der Waals surface area contributed by atoms with Crippen LogP contribution < -0.4 is 0 Å². The highest BCUT2D eigenvalue weighted by atomic mass is 31.1. The summed E-state index contributed by atoms with van der Waals surface area (Å²) in [6, 6.07) is 0. The molecule has 0 bridgehead atoms. The summed E-state index contributed by atoms with van der Waals surface area (Å²) >= 11 is 0. The second-order valence-corrected chi connectivity index (χ2v) is 8.37. The van der Waals surface area contributed by atoms with E-state index in [1.165, 1.54) is 98.0 Å². The van der Waals surface area contributed by atoms with Crippen LogP contribution in [0.5, 0.6) is 0 Å². The van der Waals surface area contributed by atoms with Crippen molar-refractivity contribution in [3.05, 3.63) is 0 Å². The van der Waals surface area contributed by atoms with E-state index in [1.54, 1.807) is 19.3 Å². The minimum atomic E-state index is 1.10. The van der Waals surface area contributed by atoms with Crippen molar-refractivity contribution < 1.29 is 0 Å². The van der Waals surface area contributed by atoms with Gasteiger partial charge < -0.3 is 0 Å². The Morgan fingerprint density at radius 3 is 2.00 bits per heavy atom. The van der Waals surface area contributed by atoms with Gasteiger partial charge in [-0.1, -0.05) is 90.4 Å². The fourth-order valence-electron chi connectivity index (χ4n) is 3.49. The molecule has 0 aromatic rings. The molecule has 1 atom stereocenters. The van der Waals surface area contributed by atoms with Crippen LogP contribution in [-0.2, 0) is 0 Å². The molecule has 0 saturated heterocycles. The van der Waals surface area contributed by atoms with Gasteiger partial charge in [-0.25, -0.2) is 0 Å². The molecule has 0 N–H and O–H groups in total. The number of hydrogen-bond acceptors (Lipinski definition) is 0. The summed E-state index contributed by atoms with van der Waals surface area (Å²) in [6.07, 6.45) is 25.6. The zero-order valence-electron chi connectivity index (χ0n) is 14.1. The third-order valence-corrected chi connectivity index (χ3v) is 6.31. The van der Waals surface area contributed by atoms with Crippen LogP contribution in [-0.4, -0.2) is 12.3 Å². The zero-order chi connectivity index (χ0) is 14.3. The van der Waals surface area contributed by atoms with Gasteiger partial charge in [-0.05, 0) is 31.1 Å². The SMILES string of the molecule is CCCCCPCCCCCCCCC1CCCCC1. The number of unbranched alkanes of at least 4 members (excludes halogenated alkanes) is 7. The molecule has 1 saturated carbocycles. The lowest BCUT2D eigenvalue weighted by molar-refractivity contribution is 0.328. The summed E-state index contributed by atoms with van der Waals surface area (Å²) in [7, 11) is 1.26. The van der Waals surface area contributed by atoms with Crippen molar-refractivity contribution in [3.63, 3.8) is 0 Å². The molecule has 1 unspecified atom stereocenters. The molecule has 0 aromatic heterocycles. The minimum absolute atomic E-state index is 1.10. The van der Waals surface area contributed by atoms with E-state index in [-0.39, 0.29) is 0 Å². The molecule has 0 amide bonds. The standard InChI is InChI=1S/C19H39P/c1-2-3-12-17-20-18-13-7-5-4-6-9-14-19-15-10-8-11-16-19/h19-20H,2-18H2,1H3. The van der Waals surface area contributed by atoms with Crippen molar-refractivity contribution >= 4 is 8.58 Å². The predicted molar refractivity (Wildman–Crippen MR) is 96.5 cm³/mol. The quantitative estimate of drug-likeness (QED) is 0.250. The molecule has 120 valence electrons. The van der Waals surface area contributed by atoms with Crippen LogP contribution in [0.1, 0.15) is 103 Å². The summed E-state index contributed by atoms with van der Waals surface area (Å²) in [4.78, 5) is 0. The molecule has 0 radical (unpaired) electrons. The molecule has 0 aliphatic heterocycles. The molecule has 1 aliphatic carbocycles. The lowest BCUT2D eigenvalue weighted by Crippen LogP contribution is -2.05. The van der Waals surface area contributed by atoms with Crippen molar-refractivity contribution in [2.24, 2.45) is 5.92 Å². The van der Waals surface area contributed by atoms with Crippen molar-refractivity contribution in [2.75, 3.05) is 12.3 Å². The summed E-state index contributed by atoms with van der Waals surface area (Å²) < 4.78 is 0. The number of hydrogen-bond donors (Lipinski definition) is 0. The topological polar surface area (TPSA) is 0 Å². The maximum absolute atomic E-state index is 2.30. The first-order valence-corrected chi connectivity index (χ1v) is 11.1. The lowest BCUT2D eigenvalue weighted by Gasteiger charge is -2.21. The van der Waals surface area contributed by atoms with E-state index in [0.29, 0.717) is 0 Å². The lowest BCUT2D eigenvalue weighted by atomic mass is 9.85. The average molecular weight is 298 g/mol. The first-order valence-electron chi connectivity index (χ1n) is 9.64. The van der Waals surface area contributed by atoms with Gasteiger partial charge >= 0.3 is 0 Å². The van der Waals surface area contributed by atoms with Gasteiger partial charge in [0.15, 0.2) is 0 Å². The molecule has 0 spiro atoms. The zero-order valence-corrected chi connectivity index (χ0v) is 15.1. The summed E-state index contributed by atoms with van der Waals surface area (Å²) in [5, 5.41) is 0. The van der Waals surface area contributed by atoms with Gasteiger partial charge in [-0.15, -0.1) is 8.58 Å². The Kier molecular flexibility index (Phi) is 13.3. The maximum atomic E-state index is 2.30. The van der Waals surface area contributed by atoms with Crippen molar-refractivity contribution in [3.8, 4) is 0 Å². The minimum Gasteiger partial charge on any atom is -0.122 e. The molecule has 0 aromatic carbocycles. The Morgan fingerprint density at radius 2 is 1.30 bits per heavy atom. The molecule has 0 nitrogen and oxygen atoms in total. The van der Waals surface area contributed by atoms with E-state index >= 15 is 0 Å². The van der Waals surface area contributed by atoms with Crippen molar-refractivity contribution in [2.45, 2.75) is 103 Å². The molecule has 1 heteroatoms. The van der Waals surface area contributed by atoms with E-state index in [1.807, 2.05) is 0 Å². The normalized spacial score (nSPS) is 17.2. The van der Waals surface area contributed by atoms with Gasteiger partial charge in [0.2, 0.25) is 0 Å². The molecular weight excluding hydrogens is 259 g/mol. The summed E-state index contributed by atoms with van der Waals surface area (Å²) in [5.74, 6) is 1.10. The van der Waals surface area contributed by atoms with Gasteiger partial charge in [0, 0.05) is 0 Å². The van der Waals surface area contributed by atoms with Crippen LogP contribution in [0, 0.1) is 5.92 Å². The third kappa shape index (κ3) is 11.1. The van der Waals surface area contributed by atoms with E-state index in [2.05, 4.69) is 6.92 Å². The Labute approximate surface area is 130 Å². The van der Waals surface area contributed by atoms with Gasteiger partial charge in [0.05, 0.1) is 0 Å². The highest BCUT2D eigenvalue weighted by molar-refractivity contribution is 7.37. The first kappa shape index (κ1) is 18.5. The van der Waals surface area contributed by atoms with E-state index in [9.17, 15) is 0 Å². The monoisotopic (exact) mass is 298 g/mol. The fraction of sp³-hybridized carbons (Fsp3) is 1.00. The van der Waals surface area contributed by atoms with Crippen LogP contribution in [0.25, 0.3) is 0 Å². The van der Waals surface area contributed by atoms with Crippen molar-refractivity contribution in [1.82, 2.24) is 0 Å². The van der Waals surface area contributed by atoms with E-state index in [0.717, 1.165) is 5.92 Å². The Balaban J connectivity index is 1.70. The molecule has 1 rings (SSSR count). The second-order valence-electron chi connectivity index (χ2n) is 6.87. The Hall–Kier alpha value is 0.430. The highest BCUT2D eigenvalue weighted by Gasteiger charge is 2.12. The maximum Gasteiger partial charge on any atom is -0.0353 e. The Bertz CT molecular complexity index is 184. The molecule has 1 aliphatic rings. The van der Waals surface area contributed by atoms with E-state index in [4.69, 9.17) is 0 Å². The average Bonchev–Trinajstić information content (AvgIpc) is 2.49. The molecule has 1 fully saturated rings. The largest absolute Gasteiger partial charge is 0.122 e. The van der Waals surface area contributed by atoms with Crippen LogP contribution in [0.3, 0.4) is 0 Å². The van der Waals surface area contributed by atoms with Crippen LogP contribution in [0.15, 0.2) is 0 Å². The van der Waals surface area contributed by atoms with Crippen molar-refractivity contribution in [1.29, 1.82) is 0 Å².